The Hall–Kier alpha value is -2.98. The Balaban J connectivity index is 1.59. The molecule has 0 atom stereocenters. The molecule has 0 saturated carbocycles. The first-order valence-electron chi connectivity index (χ1n) is 7.96. The molecule has 0 radical (unpaired) electrons. The molecule has 0 aliphatic heterocycles. The normalized spacial score (nSPS) is 10.8. The molecule has 1 heterocycles. The van der Waals surface area contributed by atoms with Crippen LogP contribution in [0.2, 0.25) is 5.02 Å². The van der Waals surface area contributed by atoms with Crippen molar-refractivity contribution in [2.45, 2.75) is 6.54 Å². The number of benzene rings is 3. The molecule has 122 valence electrons. The molecule has 3 aromatic carbocycles. The summed E-state index contributed by atoms with van der Waals surface area (Å²) in [5, 5.41) is 12.6. The molecular weight excluding hydrogens is 332 g/mol. The van der Waals surface area contributed by atoms with E-state index in [-0.39, 0.29) is 0 Å². The Bertz CT molecular complexity index is 1000. The zero-order valence-corrected chi connectivity index (χ0v) is 14.1. The highest BCUT2D eigenvalue weighted by atomic mass is 35.5. The zero-order valence-electron chi connectivity index (χ0n) is 13.4. The molecule has 0 bridgehead atoms. The summed E-state index contributed by atoms with van der Waals surface area (Å²) >= 11 is 5.92. The van der Waals surface area contributed by atoms with Gasteiger partial charge in [0.2, 0.25) is 0 Å². The third-order valence-electron chi connectivity index (χ3n) is 3.90. The van der Waals surface area contributed by atoms with Crippen LogP contribution < -0.4 is 5.32 Å². The van der Waals surface area contributed by atoms with Crippen molar-refractivity contribution in [1.82, 2.24) is 15.2 Å². The van der Waals surface area contributed by atoms with Crippen molar-refractivity contribution >= 4 is 28.3 Å². The highest BCUT2D eigenvalue weighted by Crippen LogP contribution is 2.20. The van der Waals surface area contributed by atoms with Crippen molar-refractivity contribution in [2.75, 3.05) is 5.32 Å². The summed E-state index contributed by atoms with van der Waals surface area (Å²) in [6.07, 6.45) is 0. The molecule has 0 unspecified atom stereocenters. The van der Waals surface area contributed by atoms with Crippen LogP contribution in [0.5, 0.6) is 0 Å². The van der Waals surface area contributed by atoms with Gasteiger partial charge in [-0.25, -0.2) is 4.98 Å². The lowest BCUT2D eigenvalue weighted by Gasteiger charge is -2.08. The van der Waals surface area contributed by atoms with E-state index in [1.165, 1.54) is 0 Å². The summed E-state index contributed by atoms with van der Waals surface area (Å²) in [5.41, 5.74) is 4.69. The van der Waals surface area contributed by atoms with Gasteiger partial charge in [0.25, 0.3) is 0 Å². The van der Waals surface area contributed by atoms with Gasteiger partial charge in [-0.15, -0.1) is 10.2 Å². The minimum Gasteiger partial charge on any atom is -0.381 e. The second-order valence-corrected chi connectivity index (χ2v) is 6.12. The third kappa shape index (κ3) is 3.59. The summed E-state index contributed by atoms with van der Waals surface area (Å²) in [4.78, 5) is 4.64. The molecule has 5 heteroatoms. The summed E-state index contributed by atoms with van der Waals surface area (Å²) in [6.45, 7) is 0.715. The van der Waals surface area contributed by atoms with Crippen molar-refractivity contribution in [3.63, 3.8) is 0 Å². The predicted octanol–water partition coefficient (Wildman–Crippen LogP) is 4.96. The van der Waals surface area contributed by atoms with Crippen molar-refractivity contribution < 1.29 is 0 Å². The third-order valence-corrected chi connectivity index (χ3v) is 4.15. The van der Waals surface area contributed by atoms with Gasteiger partial charge >= 0.3 is 0 Å². The van der Waals surface area contributed by atoms with Crippen LogP contribution >= 0.6 is 11.6 Å². The maximum Gasteiger partial charge on any atom is 0.182 e. The van der Waals surface area contributed by atoms with Crippen molar-refractivity contribution in [1.29, 1.82) is 0 Å². The van der Waals surface area contributed by atoms with Crippen LogP contribution in [0.15, 0.2) is 72.8 Å². The number of rotatable bonds is 4. The van der Waals surface area contributed by atoms with Gasteiger partial charge in [-0.2, -0.15) is 0 Å². The number of hydrogen-bond donors (Lipinski definition) is 1. The molecule has 0 spiro atoms. The van der Waals surface area contributed by atoms with E-state index < -0.39 is 0 Å². The lowest BCUT2D eigenvalue weighted by Crippen LogP contribution is -2.00. The quantitative estimate of drug-likeness (QED) is 0.567. The Morgan fingerprint density at radius 3 is 2.40 bits per heavy atom. The Labute approximate surface area is 150 Å². The number of nitrogens with one attached hydrogen (secondary N) is 1. The summed E-state index contributed by atoms with van der Waals surface area (Å²) in [6, 6.07) is 23.6. The minimum atomic E-state index is 0.628. The van der Waals surface area contributed by atoms with E-state index >= 15 is 0 Å². The van der Waals surface area contributed by atoms with Crippen LogP contribution in [-0.2, 0) is 6.54 Å². The Morgan fingerprint density at radius 1 is 0.800 bits per heavy atom. The lowest BCUT2D eigenvalue weighted by molar-refractivity contribution is 1.03. The van der Waals surface area contributed by atoms with Crippen LogP contribution in [0.3, 0.4) is 0 Å². The second kappa shape index (κ2) is 6.87. The van der Waals surface area contributed by atoms with Gasteiger partial charge in [-0.05, 0) is 35.9 Å². The first-order chi connectivity index (χ1) is 12.3. The lowest BCUT2D eigenvalue weighted by atomic mass is 10.2. The number of hydrogen-bond acceptors (Lipinski definition) is 4. The summed E-state index contributed by atoms with van der Waals surface area (Å²) in [7, 11) is 0. The van der Waals surface area contributed by atoms with Crippen LogP contribution in [0, 0.1) is 0 Å². The fourth-order valence-electron chi connectivity index (χ4n) is 2.56. The number of aromatic nitrogens is 3. The number of anilines is 1. The molecule has 0 fully saturated rings. The fraction of sp³-hybridized carbons (Fsp3) is 0.0500. The van der Waals surface area contributed by atoms with E-state index in [0.29, 0.717) is 12.4 Å². The number of nitrogens with zero attached hydrogens (tertiary/aromatic N) is 3. The summed E-state index contributed by atoms with van der Waals surface area (Å²) in [5.74, 6) is 0.628. The first-order valence-corrected chi connectivity index (χ1v) is 8.34. The average molecular weight is 347 g/mol. The van der Waals surface area contributed by atoms with Gasteiger partial charge in [-0.1, -0.05) is 54.1 Å². The molecule has 0 aliphatic rings. The van der Waals surface area contributed by atoms with Gasteiger partial charge in [0.1, 0.15) is 5.52 Å². The van der Waals surface area contributed by atoms with Gasteiger partial charge in [0.15, 0.2) is 5.82 Å². The van der Waals surface area contributed by atoms with Gasteiger partial charge in [-0.3, -0.25) is 0 Å². The van der Waals surface area contributed by atoms with Gasteiger partial charge < -0.3 is 5.32 Å². The topological polar surface area (TPSA) is 50.7 Å². The van der Waals surface area contributed by atoms with E-state index in [0.717, 1.165) is 32.9 Å². The van der Waals surface area contributed by atoms with E-state index in [9.17, 15) is 0 Å². The Morgan fingerprint density at radius 2 is 1.60 bits per heavy atom. The van der Waals surface area contributed by atoms with Gasteiger partial charge in [0.05, 0.1) is 5.52 Å². The SMILES string of the molecule is Clc1ccc(CNc2ccc3nnc(-c4ccccc4)nc3c2)cc1. The fourth-order valence-corrected chi connectivity index (χ4v) is 2.69. The van der Waals surface area contributed by atoms with E-state index in [1.54, 1.807) is 0 Å². The standard InChI is InChI=1S/C20H15ClN4/c21-16-8-6-14(7-9-16)13-22-17-10-11-18-19(12-17)23-20(25-24-18)15-4-2-1-3-5-15/h1-12,22H,13H2. The molecule has 4 nitrogen and oxygen atoms in total. The smallest absolute Gasteiger partial charge is 0.182 e. The van der Waals surface area contributed by atoms with E-state index in [2.05, 4.69) is 20.5 Å². The molecule has 4 rings (SSSR count). The molecule has 0 amide bonds. The van der Waals surface area contributed by atoms with Crippen LogP contribution in [0.4, 0.5) is 5.69 Å². The van der Waals surface area contributed by atoms with E-state index in [1.807, 2.05) is 72.8 Å². The molecule has 0 saturated heterocycles. The zero-order chi connectivity index (χ0) is 17.1. The molecule has 25 heavy (non-hydrogen) atoms. The molecular formula is C20H15ClN4. The van der Waals surface area contributed by atoms with Crippen LogP contribution in [0.25, 0.3) is 22.4 Å². The molecule has 0 aliphatic carbocycles. The molecule has 1 aromatic heterocycles. The van der Waals surface area contributed by atoms with Crippen molar-refractivity contribution in [3.8, 4) is 11.4 Å². The highest BCUT2D eigenvalue weighted by Gasteiger charge is 2.05. The van der Waals surface area contributed by atoms with Crippen molar-refractivity contribution in [2.24, 2.45) is 0 Å². The van der Waals surface area contributed by atoms with Crippen molar-refractivity contribution in [3.05, 3.63) is 83.4 Å². The maximum absolute atomic E-state index is 5.92. The predicted molar refractivity (Wildman–Crippen MR) is 102 cm³/mol. The maximum atomic E-state index is 5.92. The minimum absolute atomic E-state index is 0.628. The highest BCUT2D eigenvalue weighted by molar-refractivity contribution is 6.30. The van der Waals surface area contributed by atoms with Crippen LogP contribution in [0.1, 0.15) is 5.56 Å². The van der Waals surface area contributed by atoms with E-state index in [4.69, 9.17) is 11.6 Å². The second-order valence-electron chi connectivity index (χ2n) is 5.68. The molecule has 4 aromatic rings. The van der Waals surface area contributed by atoms with Crippen LogP contribution in [-0.4, -0.2) is 15.2 Å². The largest absolute Gasteiger partial charge is 0.381 e. The average Bonchev–Trinajstić information content (AvgIpc) is 2.67. The number of halogens is 1. The van der Waals surface area contributed by atoms with Gasteiger partial charge in [0, 0.05) is 22.8 Å². The first kappa shape index (κ1) is 15.5. The molecule has 1 N–H and O–H groups in total. The Kier molecular flexibility index (Phi) is 4.27. The monoisotopic (exact) mass is 346 g/mol. The number of fused-ring (bicyclic) bond motifs is 1. The summed E-state index contributed by atoms with van der Waals surface area (Å²) < 4.78 is 0.